The number of hydrogen-bond acceptors (Lipinski definition) is 4. The Morgan fingerprint density at radius 1 is 0.441 bits per heavy atom. The lowest BCUT2D eigenvalue weighted by Gasteiger charge is -2.62. The predicted molar refractivity (Wildman–Crippen MR) is 137 cm³/mol. The van der Waals surface area contributed by atoms with Gasteiger partial charge in [0, 0.05) is 13.1 Å². The Labute approximate surface area is 201 Å². The van der Waals surface area contributed by atoms with Crippen molar-refractivity contribution in [2.24, 2.45) is 0 Å². The lowest BCUT2D eigenvalue weighted by atomic mass is 9.93. The fraction of sp³-hybridized carbons (Fsp3) is 0.200. The van der Waals surface area contributed by atoms with Crippen molar-refractivity contribution < 1.29 is 0 Å². The molecule has 0 bridgehead atoms. The zero-order valence-electron chi connectivity index (χ0n) is 19.2. The van der Waals surface area contributed by atoms with E-state index in [1.807, 2.05) is 0 Å². The van der Waals surface area contributed by atoms with Gasteiger partial charge in [-0.1, -0.05) is 84.9 Å². The van der Waals surface area contributed by atoms with E-state index in [0.29, 0.717) is 0 Å². The predicted octanol–water partition coefficient (Wildman–Crippen LogP) is 5.96. The minimum Gasteiger partial charge on any atom is -0.280 e. The second-order valence-electron chi connectivity index (χ2n) is 9.33. The van der Waals surface area contributed by atoms with Crippen LogP contribution in [0.4, 0.5) is 11.4 Å². The normalized spacial score (nSPS) is 21.9. The van der Waals surface area contributed by atoms with Crippen molar-refractivity contribution in [3.63, 3.8) is 0 Å². The Morgan fingerprint density at radius 3 is 1.26 bits per heavy atom. The second-order valence-corrected chi connectivity index (χ2v) is 9.33. The van der Waals surface area contributed by atoms with Crippen LogP contribution in [-0.4, -0.2) is 23.1 Å². The number of benzene rings is 4. The molecule has 0 amide bonds. The summed E-state index contributed by atoms with van der Waals surface area (Å²) >= 11 is 0. The Hall–Kier alpha value is -3.60. The first-order valence-corrected chi connectivity index (χ1v) is 12.3. The van der Waals surface area contributed by atoms with E-state index in [0.717, 1.165) is 25.9 Å². The SMILES string of the molecule is c1ccc(N2C3c4ccccc4CCN3N(c3ccccc3)C3c4ccccc4CCN32)cc1. The van der Waals surface area contributed by atoms with Gasteiger partial charge >= 0.3 is 0 Å². The summed E-state index contributed by atoms with van der Waals surface area (Å²) in [6, 6.07) is 39.9. The van der Waals surface area contributed by atoms with Gasteiger partial charge < -0.3 is 0 Å². The molecule has 168 valence electrons. The molecule has 34 heavy (non-hydrogen) atoms. The number of hydrazine groups is 2. The Bertz CT molecular complexity index is 1200. The van der Waals surface area contributed by atoms with Crippen LogP contribution in [0, 0.1) is 0 Å². The van der Waals surface area contributed by atoms with Gasteiger partial charge in [-0.25, -0.2) is 0 Å². The van der Waals surface area contributed by atoms with Crippen molar-refractivity contribution in [3.8, 4) is 0 Å². The van der Waals surface area contributed by atoms with Crippen LogP contribution in [-0.2, 0) is 12.8 Å². The van der Waals surface area contributed by atoms with Crippen molar-refractivity contribution in [1.29, 1.82) is 0 Å². The van der Waals surface area contributed by atoms with Crippen molar-refractivity contribution >= 4 is 11.4 Å². The summed E-state index contributed by atoms with van der Waals surface area (Å²) in [6.45, 7) is 1.96. The molecule has 2 atom stereocenters. The molecular weight excluding hydrogens is 416 g/mol. The van der Waals surface area contributed by atoms with Crippen molar-refractivity contribution in [3.05, 3.63) is 131 Å². The van der Waals surface area contributed by atoms with E-state index in [2.05, 4.69) is 129 Å². The van der Waals surface area contributed by atoms with Gasteiger partial charge in [0.2, 0.25) is 0 Å². The quantitative estimate of drug-likeness (QED) is 0.378. The standard InChI is InChI=1S/C30H28N4/c1-3-13-25(14-4-1)33-29-27-17-9-7-11-23(27)20-22-32(29)34(26-15-5-2-6-16-26)30-28-18-10-8-12-24(28)19-21-31(30)33/h1-18,29-30H,19-22H2. The average Bonchev–Trinajstić information content (AvgIpc) is 2.92. The highest BCUT2D eigenvalue weighted by Gasteiger charge is 2.50. The Morgan fingerprint density at radius 2 is 0.824 bits per heavy atom. The van der Waals surface area contributed by atoms with Gasteiger partial charge in [-0.05, 0) is 59.4 Å². The van der Waals surface area contributed by atoms with Gasteiger partial charge in [0.1, 0.15) is 12.3 Å². The van der Waals surface area contributed by atoms with Gasteiger partial charge in [0.25, 0.3) is 0 Å². The smallest absolute Gasteiger partial charge is 0.141 e. The van der Waals surface area contributed by atoms with Crippen LogP contribution in [0.1, 0.15) is 34.6 Å². The molecule has 7 rings (SSSR count). The molecule has 2 unspecified atom stereocenters. The third-order valence-corrected chi connectivity index (χ3v) is 7.51. The molecule has 1 fully saturated rings. The molecule has 0 spiro atoms. The molecule has 3 aliphatic rings. The van der Waals surface area contributed by atoms with E-state index in [1.54, 1.807) is 0 Å². The molecule has 3 heterocycles. The fourth-order valence-electron chi connectivity index (χ4n) is 6.05. The van der Waals surface area contributed by atoms with Gasteiger partial charge in [0.15, 0.2) is 0 Å². The monoisotopic (exact) mass is 444 g/mol. The minimum atomic E-state index is 0.106. The molecule has 4 aromatic carbocycles. The number of nitrogens with zero attached hydrogens (tertiary/aromatic N) is 4. The molecular formula is C30H28N4. The van der Waals surface area contributed by atoms with Crippen LogP contribution >= 0.6 is 0 Å². The summed E-state index contributed by atoms with van der Waals surface area (Å²) in [4.78, 5) is 0. The van der Waals surface area contributed by atoms with Crippen molar-refractivity contribution in [1.82, 2.24) is 10.0 Å². The summed E-state index contributed by atoms with van der Waals surface area (Å²) in [5.74, 6) is 0. The molecule has 0 aromatic heterocycles. The fourth-order valence-corrected chi connectivity index (χ4v) is 6.05. The van der Waals surface area contributed by atoms with Gasteiger partial charge in [-0.3, -0.25) is 10.0 Å². The first-order valence-electron chi connectivity index (χ1n) is 12.3. The topological polar surface area (TPSA) is 13.0 Å². The first-order chi connectivity index (χ1) is 16.9. The maximum Gasteiger partial charge on any atom is 0.141 e. The molecule has 1 saturated heterocycles. The minimum absolute atomic E-state index is 0.106. The van der Waals surface area contributed by atoms with Crippen molar-refractivity contribution in [2.75, 3.05) is 23.1 Å². The molecule has 0 aliphatic carbocycles. The van der Waals surface area contributed by atoms with E-state index in [-0.39, 0.29) is 12.3 Å². The number of para-hydroxylation sites is 2. The van der Waals surface area contributed by atoms with Crippen LogP contribution in [0.5, 0.6) is 0 Å². The Kier molecular flexibility index (Phi) is 4.67. The highest BCUT2D eigenvalue weighted by Crippen LogP contribution is 2.49. The number of rotatable bonds is 2. The average molecular weight is 445 g/mol. The van der Waals surface area contributed by atoms with Gasteiger partial charge in [-0.15, -0.1) is 0 Å². The maximum absolute atomic E-state index is 2.61. The maximum atomic E-state index is 2.61. The summed E-state index contributed by atoms with van der Waals surface area (Å²) in [5, 5.41) is 10.3. The van der Waals surface area contributed by atoms with E-state index < -0.39 is 0 Å². The van der Waals surface area contributed by atoms with Crippen LogP contribution in [0.2, 0.25) is 0 Å². The molecule has 4 aromatic rings. The number of anilines is 2. The van der Waals surface area contributed by atoms with Crippen molar-refractivity contribution in [2.45, 2.75) is 25.2 Å². The summed E-state index contributed by atoms with van der Waals surface area (Å²) in [5.41, 5.74) is 8.19. The van der Waals surface area contributed by atoms with Crippen LogP contribution in [0.15, 0.2) is 109 Å². The molecule has 0 radical (unpaired) electrons. The van der Waals surface area contributed by atoms with Crippen LogP contribution in [0.25, 0.3) is 0 Å². The first kappa shape index (κ1) is 19.8. The zero-order valence-corrected chi connectivity index (χ0v) is 19.2. The van der Waals surface area contributed by atoms with E-state index in [9.17, 15) is 0 Å². The summed E-state index contributed by atoms with van der Waals surface area (Å²) < 4.78 is 0. The third-order valence-electron chi connectivity index (χ3n) is 7.51. The lowest BCUT2D eigenvalue weighted by Crippen LogP contribution is -2.69. The number of hydrogen-bond donors (Lipinski definition) is 0. The highest BCUT2D eigenvalue weighted by atomic mass is 15.9. The van der Waals surface area contributed by atoms with Crippen LogP contribution < -0.4 is 10.0 Å². The highest BCUT2D eigenvalue weighted by molar-refractivity contribution is 5.56. The molecule has 4 heteroatoms. The largest absolute Gasteiger partial charge is 0.280 e. The third kappa shape index (κ3) is 2.99. The van der Waals surface area contributed by atoms with E-state index in [4.69, 9.17) is 0 Å². The molecule has 0 saturated carbocycles. The summed E-state index contributed by atoms with van der Waals surface area (Å²) in [7, 11) is 0. The molecule has 4 nitrogen and oxygen atoms in total. The zero-order chi connectivity index (χ0) is 22.5. The second kappa shape index (κ2) is 8.01. The van der Waals surface area contributed by atoms with E-state index >= 15 is 0 Å². The van der Waals surface area contributed by atoms with Gasteiger partial charge in [0.05, 0.1) is 11.4 Å². The Balaban J connectivity index is 1.48. The van der Waals surface area contributed by atoms with E-state index in [1.165, 1.54) is 33.6 Å². The molecule has 3 aliphatic heterocycles. The summed E-state index contributed by atoms with van der Waals surface area (Å²) in [6.07, 6.45) is 2.31. The number of fused-ring (bicyclic) bond motifs is 6. The van der Waals surface area contributed by atoms with Gasteiger partial charge in [-0.2, -0.15) is 10.0 Å². The molecule has 0 N–H and O–H groups in total. The lowest BCUT2D eigenvalue weighted by molar-refractivity contribution is -0.0222. The van der Waals surface area contributed by atoms with Crippen LogP contribution in [0.3, 0.4) is 0 Å².